The van der Waals surface area contributed by atoms with Crippen molar-refractivity contribution in [2.24, 2.45) is 5.73 Å². The highest BCUT2D eigenvalue weighted by molar-refractivity contribution is 6.32. The monoisotopic (exact) mass is 436 g/mol. The van der Waals surface area contributed by atoms with Crippen LogP contribution in [0, 0.1) is 0 Å². The molecular weight excluding hydrogens is 416 g/mol. The van der Waals surface area contributed by atoms with Gasteiger partial charge in [0.25, 0.3) is 0 Å². The standard InChI is InChI=1S/C15H20ClF3N4O.2ClH/c16-12-7-10(15(17,18)19)9-22-14(12)21-5-4-13(24)23-6-2-1-3-11(23)8-20;;/h7,9,11H,1-6,8,20H2,(H,21,22);2*1H. The van der Waals surface area contributed by atoms with Gasteiger partial charge in [-0.05, 0) is 25.3 Å². The molecule has 3 N–H and O–H groups in total. The van der Waals surface area contributed by atoms with Crippen LogP contribution in [-0.2, 0) is 11.0 Å². The fraction of sp³-hybridized carbons (Fsp3) is 0.600. The lowest BCUT2D eigenvalue weighted by Crippen LogP contribution is -2.47. The number of anilines is 1. The molecule has 1 aliphatic heterocycles. The minimum Gasteiger partial charge on any atom is -0.368 e. The smallest absolute Gasteiger partial charge is 0.368 e. The summed E-state index contributed by atoms with van der Waals surface area (Å²) in [5.41, 5.74) is 4.78. The largest absolute Gasteiger partial charge is 0.417 e. The van der Waals surface area contributed by atoms with Crippen LogP contribution in [0.1, 0.15) is 31.2 Å². The summed E-state index contributed by atoms with van der Waals surface area (Å²) in [6.07, 6.45) is -0.643. The Morgan fingerprint density at radius 2 is 2.08 bits per heavy atom. The van der Waals surface area contributed by atoms with Crippen molar-refractivity contribution in [1.29, 1.82) is 0 Å². The number of hydrogen-bond acceptors (Lipinski definition) is 4. The molecule has 11 heteroatoms. The number of pyridine rings is 1. The van der Waals surface area contributed by atoms with Crippen molar-refractivity contribution in [2.75, 3.05) is 25.0 Å². The summed E-state index contributed by atoms with van der Waals surface area (Å²) in [7, 11) is 0. The van der Waals surface area contributed by atoms with Crippen LogP contribution in [0.15, 0.2) is 12.3 Å². The zero-order valence-electron chi connectivity index (χ0n) is 13.9. The topological polar surface area (TPSA) is 71.2 Å². The van der Waals surface area contributed by atoms with Gasteiger partial charge in [0.2, 0.25) is 5.91 Å². The number of nitrogens with one attached hydrogen (secondary N) is 1. The first-order valence-electron chi connectivity index (χ1n) is 7.79. The molecule has 1 atom stereocenters. The summed E-state index contributed by atoms with van der Waals surface area (Å²) in [6, 6.07) is 0.882. The fourth-order valence-electron chi connectivity index (χ4n) is 2.73. The third kappa shape index (κ3) is 6.64. The Labute approximate surface area is 167 Å². The molecule has 150 valence electrons. The van der Waals surface area contributed by atoms with Gasteiger partial charge in [0.1, 0.15) is 5.82 Å². The fourth-order valence-corrected chi connectivity index (χ4v) is 2.96. The summed E-state index contributed by atoms with van der Waals surface area (Å²) in [4.78, 5) is 17.7. The number of likely N-dealkylation sites (tertiary alicyclic amines) is 1. The zero-order valence-corrected chi connectivity index (χ0v) is 16.3. The minimum atomic E-state index is -4.49. The number of hydrogen-bond donors (Lipinski definition) is 2. The summed E-state index contributed by atoms with van der Waals surface area (Å²) in [6.45, 7) is 1.37. The number of carbonyl (C=O) groups is 1. The molecule has 1 saturated heterocycles. The molecule has 2 rings (SSSR count). The van der Waals surface area contributed by atoms with Crippen LogP contribution in [0.2, 0.25) is 5.02 Å². The summed E-state index contributed by atoms with van der Waals surface area (Å²) >= 11 is 5.81. The number of aromatic nitrogens is 1. The van der Waals surface area contributed by atoms with Crippen LogP contribution < -0.4 is 11.1 Å². The van der Waals surface area contributed by atoms with Crippen LogP contribution in [0.5, 0.6) is 0 Å². The van der Waals surface area contributed by atoms with Gasteiger partial charge >= 0.3 is 6.18 Å². The number of rotatable bonds is 5. The maximum absolute atomic E-state index is 12.6. The molecular formula is C15H22Cl3F3N4O. The molecule has 0 aromatic carbocycles. The Kier molecular flexibility index (Phi) is 10.6. The number of alkyl halides is 3. The molecule has 0 aliphatic carbocycles. The van der Waals surface area contributed by atoms with Crippen molar-refractivity contribution in [3.8, 4) is 0 Å². The second-order valence-corrected chi connectivity index (χ2v) is 6.11. The molecule has 1 aromatic rings. The SMILES string of the molecule is Cl.Cl.NCC1CCCCN1C(=O)CCNc1ncc(C(F)(F)F)cc1Cl. The minimum absolute atomic E-state index is 0. The Balaban J connectivity index is 0.00000312. The van der Waals surface area contributed by atoms with E-state index < -0.39 is 11.7 Å². The van der Waals surface area contributed by atoms with Crippen LogP contribution >= 0.6 is 36.4 Å². The van der Waals surface area contributed by atoms with Gasteiger partial charge in [-0.25, -0.2) is 4.98 Å². The van der Waals surface area contributed by atoms with Gasteiger partial charge in [0, 0.05) is 38.3 Å². The maximum Gasteiger partial charge on any atom is 0.417 e. The van der Waals surface area contributed by atoms with E-state index >= 15 is 0 Å². The van der Waals surface area contributed by atoms with Crippen molar-refractivity contribution in [3.05, 3.63) is 22.8 Å². The van der Waals surface area contributed by atoms with Crippen molar-refractivity contribution >= 4 is 48.1 Å². The van der Waals surface area contributed by atoms with Crippen molar-refractivity contribution in [2.45, 2.75) is 37.9 Å². The highest BCUT2D eigenvalue weighted by atomic mass is 35.5. The second kappa shape index (κ2) is 11.0. The summed E-state index contributed by atoms with van der Waals surface area (Å²) in [5.74, 6) is 0.104. The molecule has 26 heavy (non-hydrogen) atoms. The van der Waals surface area contributed by atoms with Crippen LogP contribution in [0.3, 0.4) is 0 Å². The van der Waals surface area contributed by atoms with E-state index in [0.717, 1.165) is 25.3 Å². The van der Waals surface area contributed by atoms with E-state index in [1.165, 1.54) is 0 Å². The van der Waals surface area contributed by atoms with Gasteiger partial charge in [-0.1, -0.05) is 11.6 Å². The first-order valence-corrected chi connectivity index (χ1v) is 8.17. The first kappa shape index (κ1) is 25.0. The molecule has 0 saturated carbocycles. The lowest BCUT2D eigenvalue weighted by molar-refractivity contribution is -0.138. The Bertz CT molecular complexity index is 590. The maximum atomic E-state index is 12.6. The third-order valence-electron chi connectivity index (χ3n) is 4.02. The van der Waals surface area contributed by atoms with E-state index in [0.29, 0.717) is 19.3 Å². The zero-order chi connectivity index (χ0) is 17.7. The van der Waals surface area contributed by atoms with Gasteiger partial charge in [-0.2, -0.15) is 13.2 Å². The highest BCUT2D eigenvalue weighted by Gasteiger charge is 2.31. The molecule has 5 nitrogen and oxygen atoms in total. The van der Waals surface area contributed by atoms with E-state index in [-0.39, 0.29) is 60.6 Å². The highest BCUT2D eigenvalue weighted by Crippen LogP contribution is 2.32. The number of nitrogens with two attached hydrogens (primary N) is 1. The quantitative estimate of drug-likeness (QED) is 0.736. The third-order valence-corrected chi connectivity index (χ3v) is 4.31. The van der Waals surface area contributed by atoms with Crippen LogP contribution in [0.25, 0.3) is 0 Å². The van der Waals surface area contributed by atoms with Crippen LogP contribution in [0.4, 0.5) is 19.0 Å². The van der Waals surface area contributed by atoms with E-state index in [2.05, 4.69) is 10.3 Å². The van der Waals surface area contributed by atoms with Crippen molar-refractivity contribution in [1.82, 2.24) is 9.88 Å². The van der Waals surface area contributed by atoms with Gasteiger partial charge in [-0.3, -0.25) is 4.79 Å². The predicted octanol–water partition coefficient (Wildman–Crippen LogP) is 3.74. The lowest BCUT2D eigenvalue weighted by Gasteiger charge is -2.35. The number of amides is 1. The first-order chi connectivity index (χ1) is 11.3. The number of halogens is 6. The van der Waals surface area contributed by atoms with E-state index in [1.807, 2.05) is 0 Å². The van der Waals surface area contributed by atoms with E-state index in [1.54, 1.807) is 4.90 Å². The Morgan fingerprint density at radius 3 is 2.65 bits per heavy atom. The van der Waals surface area contributed by atoms with Crippen molar-refractivity contribution in [3.63, 3.8) is 0 Å². The van der Waals surface area contributed by atoms with E-state index in [4.69, 9.17) is 17.3 Å². The predicted molar refractivity (Wildman–Crippen MR) is 100 cm³/mol. The summed E-state index contributed by atoms with van der Waals surface area (Å²) in [5, 5.41) is 2.68. The molecule has 1 aliphatic rings. The van der Waals surface area contributed by atoms with Gasteiger partial charge in [-0.15, -0.1) is 24.8 Å². The number of carbonyl (C=O) groups excluding carboxylic acids is 1. The second-order valence-electron chi connectivity index (χ2n) is 5.70. The Hall–Kier alpha value is -0.960. The van der Waals surface area contributed by atoms with Crippen molar-refractivity contribution < 1.29 is 18.0 Å². The number of nitrogens with zero attached hydrogens (tertiary/aromatic N) is 2. The lowest BCUT2D eigenvalue weighted by atomic mass is 10.0. The summed E-state index contributed by atoms with van der Waals surface area (Å²) < 4.78 is 37.7. The molecule has 1 amide bonds. The van der Waals surface area contributed by atoms with Gasteiger partial charge < -0.3 is 16.0 Å². The van der Waals surface area contributed by atoms with E-state index in [9.17, 15) is 18.0 Å². The Morgan fingerprint density at radius 1 is 1.38 bits per heavy atom. The molecule has 1 fully saturated rings. The molecule has 0 radical (unpaired) electrons. The van der Waals surface area contributed by atoms with Gasteiger partial charge in [0.15, 0.2) is 0 Å². The molecule has 1 unspecified atom stereocenters. The molecule has 1 aromatic heterocycles. The molecule has 0 spiro atoms. The normalized spacial score (nSPS) is 17.1. The van der Waals surface area contributed by atoms with Crippen LogP contribution in [-0.4, -0.2) is 41.5 Å². The average Bonchev–Trinajstić information content (AvgIpc) is 2.55. The number of piperidine rings is 1. The molecule has 0 bridgehead atoms. The molecule has 2 heterocycles. The average molecular weight is 438 g/mol. The van der Waals surface area contributed by atoms with Gasteiger partial charge in [0.05, 0.1) is 10.6 Å².